The van der Waals surface area contributed by atoms with Gasteiger partial charge >= 0.3 is 0 Å². The van der Waals surface area contributed by atoms with Crippen molar-refractivity contribution in [1.82, 2.24) is 4.90 Å². The highest BCUT2D eigenvalue weighted by atomic mass is 16.5. The number of benzene rings is 1. The van der Waals surface area contributed by atoms with Crippen molar-refractivity contribution in [2.24, 2.45) is 5.73 Å². The standard InChI is InChI=1S/C14H24N2O/c1-5-11-9-12(7-8-14(11)17-4)13(10-15)16(3)6-2/h7-9,13H,5-6,10,15H2,1-4H3. The van der Waals surface area contributed by atoms with Crippen molar-refractivity contribution in [3.63, 3.8) is 0 Å². The van der Waals surface area contributed by atoms with E-state index in [-0.39, 0.29) is 6.04 Å². The average Bonchev–Trinajstić information content (AvgIpc) is 2.38. The molecule has 0 spiro atoms. The number of nitrogens with two attached hydrogens (primary N) is 1. The second-order valence-electron chi connectivity index (χ2n) is 4.25. The van der Waals surface area contributed by atoms with Gasteiger partial charge in [0.25, 0.3) is 0 Å². The summed E-state index contributed by atoms with van der Waals surface area (Å²) in [6, 6.07) is 6.65. The second kappa shape index (κ2) is 6.62. The normalized spacial score (nSPS) is 12.8. The number of aryl methyl sites for hydroxylation is 1. The van der Waals surface area contributed by atoms with E-state index in [2.05, 4.69) is 37.9 Å². The first-order valence-electron chi connectivity index (χ1n) is 6.24. The molecule has 0 bridgehead atoms. The Bertz CT molecular complexity index is 352. The molecule has 1 aromatic carbocycles. The van der Waals surface area contributed by atoms with E-state index in [4.69, 9.17) is 10.5 Å². The number of methoxy groups -OCH3 is 1. The van der Waals surface area contributed by atoms with Crippen molar-refractivity contribution >= 4 is 0 Å². The average molecular weight is 236 g/mol. The van der Waals surface area contributed by atoms with Crippen LogP contribution in [0, 0.1) is 0 Å². The Morgan fingerprint density at radius 3 is 2.53 bits per heavy atom. The van der Waals surface area contributed by atoms with Gasteiger partial charge < -0.3 is 10.5 Å². The molecule has 0 aliphatic heterocycles. The summed E-state index contributed by atoms with van der Waals surface area (Å²) in [4.78, 5) is 2.27. The Labute approximate surface area is 105 Å². The van der Waals surface area contributed by atoms with Gasteiger partial charge in [0.15, 0.2) is 0 Å². The SMILES string of the molecule is CCc1cc(C(CN)N(C)CC)ccc1OC. The number of likely N-dealkylation sites (N-methyl/N-ethyl adjacent to an activating group) is 1. The van der Waals surface area contributed by atoms with Crippen LogP contribution in [0.2, 0.25) is 0 Å². The molecule has 0 fully saturated rings. The van der Waals surface area contributed by atoms with E-state index in [1.807, 2.05) is 6.07 Å². The summed E-state index contributed by atoms with van der Waals surface area (Å²) in [6.45, 7) is 5.92. The Kier molecular flexibility index (Phi) is 5.45. The third-order valence-corrected chi connectivity index (χ3v) is 3.32. The largest absolute Gasteiger partial charge is 0.496 e. The Morgan fingerprint density at radius 1 is 1.35 bits per heavy atom. The topological polar surface area (TPSA) is 38.5 Å². The van der Waals surface area contributed by atoms with Crippen LogP contribution in [-0.4, -0.2) is 32.1 Å². The molecule has 0 saturated carbocycles. The lowest BCUT2D eigenvalue weighted by Crippen LogP contribution is -2.30. The first-order valence-corrected chi connectivity index (χ1v) is 6.24. The summed E-state index contributed by atoms with van der Waals surface area (Å²) < 4.78 is 5.35. The van der Waals surface area contributed by atoms with E-state index >= 15 is 0 Å². The van der Waals surface area contributed by atoms with Crippen LogP contribution in [-0.2, 0) is 6.42 Å². The molecule has 1 aromatic rings. The van der Waals surface area contributed by atoms with Crippen LogP contribution < -0.4 is 10.5 Å². The zero-order valence-electron chi connectivity index (χ0n) is 11.4. The van der Waals surface area contributed by atoms with E-state index < -0.39 is 0 Å². The molecule has 0 aliphatic rings. The van der Waals surface area contributed by atoms with Gasteiger partial charge in [0.1, 0.15) is 5.75 Å². The molecule has 3 heteroatoms. The van der Waals surface area contributed by atoms with Crippen molar-refractivity contribution < 1.29 is 4.74 Å². The molecule has 0 radical (unpaired) electrons. The Morgan fingerprint density at radius 2 is 2.06 bits per heavy atom. The lowest BCUT2D eigenvalue weighted by atomic mass is 10.0. The first-order chi connectivity index (χ1) is 8.17. The summed E-state index contributed by atoms with van der Waals surface area (Å²) in [6.07, 6.45) is 0.976. The summed E-state index contributed by atoms with van der Waals surface area (Å²) in [5, 5.41) is 0. The predicted octanol–water partition coefficient (Wildman–Crippen LogP) is 2.21. The molecule has 2 N–H and O–H groups in total. The van der Waals surface area contributed by atoms with E-state index in [0.717, 1.165) is 18.7 Å². The molecule has 0 aliphatic carbocycles. The van der Waals surface area contributed by atoms with Crippen LogP contribution in [0.15, 0.2) is 18.2 Å². The van der Waals surface area contributed by atoms with E-state index in [0.29, 0.717) is 6.54 Å². The van der Waals surface area contributed by atoms with Crippen molar-refractivity contribution in [2.45, 2.75) is 26.3 Å². The second-order valence-corrected chi connectivity index (χ2v) is 4.25. The van der Waals surface area contributed by atoms with Crippen molar-refractivity contribution in [3.05, 3.63) is 29.3 Å². The van der Waals surface area contributed by atoms with Crippen LogP contribution in [0.5, 0.6) is 5.75 Å². The molecule has 0 saturated heterocycles. The summed E-state index contributed by atoms with van der Waals surface area (Å²) in [7, 11) is 3.82. The molecule has 1 unspecified atom stereocenters. The lowest BCUT2D eigenvalue weighted by Gasteiger charge is -2.26. The van der Waals surface area contributed by atoms with Crippen molar-refractivity contribution in [3.8, 4) is 5.75 Å². The minimum absolute atomic E-state index is 0.288. The van der Waals surface area contributed by atoms with Gasteiger partial charge in [-0.2, -0.15) is 0 Å². The number of hydrogen-bond donors (Lipinski definition) is 1. The fourth-order valence-electron chi connectivity index (χ4n) is 2.07. The molecule has 1 rings (SSSR count). The highest BCUT2D eigenvalue weighted by Gasteiger charge is 2.15. The van der Waals surface area contributed by atoms with Crippen LogP contribution in [0.4, 0.5) is 0 Å². The van der Waals surface area contributed by atoms with Gasteiger partial charge in [-0.25, -0.2) is 0 Å². The number of nitrogens with zero attached hydrogens (tertiary/aromatic N) is 1. The molecule has 0 amide bonds. The molecule has 96 valence electrons. The van der Waals surface area contributed by atoms with Gasteiger partial charge in [0.2, 0.25) is 0 Å². The Balaban J connectivity index is 3.04. The molecule has 0 aromatic heterocycles. The first kappa shape index (κ1) is 14.0. The molecule has 3 nitrogen and oxygen atoms in total. The molecule has 1 atom stereocenters. The molecular formula is C14H24N2O. The zero-order chi connectivity index (χ0) is 12.8. The fraction of sp³-hybridized carbons (Fsp3) is 0.571. The molecule has 0 heterocycles. The fourth-order valence-corrected chi connectivity index (χ4v) is 2.07. The van der Waals surface area contributed by atoms with Crippen molar-refractivity contribution in [2.75, 3.05) is 27.2 Å². The highest BCUT2D eigenvalue weighted by Crippen LogP contribution is 2.25. The summed E-state index contributed by atoms with van der Waals surface area (Å²) in [5.74, 6) is 0.964. The highest BCUT2D eigenvalue weighted by molar-refractivity contribution is 5.38. The third kappa shape index (κ3) is 3.20. The van der Waals surface area contributed by atoms with Crippen LogP contribution in [0.1, 0.15) is 31.0 Å². The van der Waals surface area contributed by atoms with Gasteiger partial charge in [-0.1, -0.05) is 26.0 Å². The van der Waals surface area contributed by atoms with E-state index in [9.17, 15) is 0 Å². The molecular weight excluding hydrogens is 212 g/mol. The van der Waals surface area contributed by atoms with Crippen LogP contribution in [0.3, 0.4) is 0 Å². The summed E-state index contributed by atoms with van der Waals surface area (Å²) >= 11 is 0. The zero-order valence-corrected chi connectivity index (χ0v) is 11.4. The minimum atomic E-state index is 0.288. The maximum Gasteiger partial charge on any atom is 0.122 e. The van der Waals surface area contributed by atoms with Crippen molar-refractivity contribution in [1.29, 1.82) is 0 Å². The van der Waals surface area contributed by atoms with Crippen LogP contribution in [0.25, 0.3) is 0 Å². The van der Waals surface area contributed by atoms with Crippen LogP contribution >= 0.6 is 0 Å². The molecule has 17 heavy (non-hydrogen) atoms. The van der Waals surface area contributed by atoms with Gasteiger partial charge in [0, 0.05) is 12.6 Å². The van der Waals surface area contributed by atoms with Gasteiger partial charge in [-0.15, -0.1) is 0 Å². The number of rotatable bonds is 6. The quantitative estimate of drug-likeness (QED) is 0.823. The number of hydrogen-bond acceptors (Lipinski definition) is 3. The maximum absolute atomic E-state index is 5.87. The Hall–Kier alpha value is -1.06. The minimum Gasteiger partial charge on any atom is -0.496 e. The third-order valence-electron chi connectivity index (χ3n) is 3.32. The lowest BCUT2D eigenvalue weighted by molar-refractivity contribution is 0.263. The van der Waals surface area contributed by atoms with E-state index in [1.165, 1.54) is 11.1 Å². The summed E-state index contributed by atoms with van der Waals surface area (Å²) in [5.41, 5.74) is 8.39. The van der Waals surface area contributed by atoms with E-state index in [1.54, 1.807) is 7.11 Å². The van der Waals surface area contributed by atoms with Gasteiger partial charge in [-0.3, -0.25) is 4.90 Å². The maximum atomic E-state index is 5.87. The number of ether oxygens (including phenoxy) is 1. The van der Waals surface area contributed by atoms with Gasteiger partial charge in [0.05, 0.1) is 7.11 Å². The monoisotopic (exact) mass is 236 g/mol. The smallest absolute Gasteiger partial charge is 0.122 e. The predicted molar refractivity (Wildman–Crippen MR) is 72.5 cm³/mol. The van der Waals surface area contributed by atoms with Gasteiger partial charge in [-0.05, 0) is 37.2 Å².